The molecular formula is C24H20ClFN4O2. The topological polar surface area (TPSA) is 67.2 Å². The van der Waals surface area contributed by atoms with Crippen LogP contribution in [-0.4, -0.2) is 35.2 Å². The van der Waals surface area contributed by atoms with Gasteiger partial charge in [-0.2, -0.15) is 5.10 Å². The van der Waals surface area contributed by atoms with Crippen LogP contribution < -0.4 is 10.2 Å². The molecule has 2 amide bonds. The van der Waals surface area contributed by atoms with Gasteiger partial charge in [0.2, 0.25) is 5.91 Å². The Morgan fingerprint density at radius 2 is 2.00 bits per heavy atom. The van der Waals surface area contributed by atoms with Gasteiger partial charge in [-0.25, -0.2) is 9.07 Å². The molecule has 0 atom stereocenters. The summed E-state index contributed by atoms with van der Waals surface area (Å²) < 4.78 is 14.7. The number of hydrogen-bond donors (Lipinski definition) is 1. The van der Waals surface area contributed by atoms with Gasteiger partial charge in [0.05, 0.1) is 11.4 Å². The molecule has 6 nitrogen and oxygen atoms in total. The maximum Gasteiger partial charge on any atom is 0.251 e. The van der Waals surface area contributed by atoms with Crippen molar-refractivity contribution in [1.82, 2.24) is 15.1 Å². The summed E-state index contributed by atoms with van der Waals surface area (Å²) in [4.78, 5) is 26.3. The molecule has 3 rings (SSSR count). The maximum atomic E-state index is 13.2. The van der Waals surface area contributed by atoms with E-state index in [1.165, 1.54) is 40.9 Å². The SMILES string of the molecule is C#Cc1cccc(N(CC(=O)NC)C(=O)/C=C\c2c(C)nn(-c3ccc(F)cc3)c2Cl)c1. The number of aryl methyl sites for hydroxylation is 1. The van der Waals surface area contributed by atoms with Gasteiger partial charge in [-0.1, -0.05) is 23.6 Å². The fourth-order valence-electron chi connectivity index (χ4n) is 2.98. The highest BCUT2D eigenvalue weighted by atomic mass is 35.5. The molecule has 2 aromatic carbocycles. The van der Waals surface area contributed by atoms with Gasteiger partial charge in [-0.05, 0) is 55.5 Å². The number of carbonyl (C=O) groups is 2. The highest BCUT2D eigenvalue weighted by Gasteiger charge is 2.18. The van der Waals surface area contributed by atoms with E-state index in [4.69, 9.17) is 18.0 Å². The lowest BCUT2D eigenvalue weighted by atomic mass is 10.2. The summed E-state index contributed by atoms with van der Waals surface area (Å²) in [6, 6.07) is 12.5. The largest absolute Gasteiger partial charge is 0.358 e. The van der Waals surface area contributed by atoms with E-state index in [0.29, 0.717) is 28.2 Å². The van der Waals surface area contributed by atoms with Crippen LogP contribution in [-0.2, 0) is 9.59 Å². The highest BCUT2D eigenvalue weighted by molar-refractivity contribution is 6.31. The molecule has 0 radical (unpaired) electrons. The van der Waals surface area contributed by atoms with E-state index in [1.54, 1.807) is 43.3 Å². The second-order valence-corrected chi connectivity index (χ2v) is 7.16. The fraction of sp³-hybridized carbons (Fsp3) is 0.125. The third kappa shape index (κ3) is 5.05. The van der Waals surface area contributed by atoms with Crippen LogP contribution in [0.4, 0.5) is 10.1 Å². The van der Waals surface area contributed by atoms with Gasteiger partial charge in [-0.3, -0.25) is 14.5 Å². The first-order chi connectivity index (χ1) is 15.3. The van der Waals surface area contributed by atoms with E-state index in [-0.39, 0.29) is 23.4 Å². The van der Waals surface area contributed by atoms with Crippen LogP contribution >= 0.6 is 11.6 Å². The van der Waals surface area contributed by atoms with Crippen LogP contribution in [0.15, 0.2) is 54.6 Å². The Morgan fingerprint density at radius 1 is 1.28 bits per heavy atom. The molecule has 162 valence electrons. The number of nitrogens with zero attached hydrogens (tertiary/aromatic N) is 3. The third-order valence-electron chi connectivity index (χ3n) is 4.68. The summed E-state index contributed by atoms with van der Waals surface area (Å²) in [5, 5.41) is 7.15. The van der Waals surface area contributed by atoms with Crippen LogP contribution in [0, 0.1) is 25.1 Å². The lowest BCUT2D eigenvalue weighted by Crippen LogP contribution is -2.39. The number of aromatic nitrogens is 2. The van der Waals surface area contributed by atoms with E-state index >= 15 is 0 Å². The van der Waals surface area contributed by atoms with Gasteiger partial charge in [0.15, 0.2) is 0 Å². The molecule has 1 heterocycles. The average Bonchev–Trinajstić information content (AvgIpc) is 3.09. The third-order valence-corrected chi connectivity index (χ3v) is 5.05. The second-order valence-electron chi connectivity index (χ2n) is 6.80. The summed E-state index contributed by atoms with van der Waals surface area (Å²) in [7, 11) is 1.49. The first kappa shape index (κ1) is 22.8. The molecule has 0 saturated heterocycles. The highest BCUT2D eigenvalue weighted by Crippen LogP contribution is 2.25. The number of carbonyl (C=O) groups excluding carboxylic acids is 2. The number of nitrogens with one attached hydrogen (secondary N) is 1. The molecule has 0 aliphatic heterocycles. The monoisotopic (exact) mass is 450 g/mol. The number of benzene rings is 2. The number of amides is 2. The van der Waals surface area contributed by atoms with E-state index in [0.717, 1.165) is 0 Å². The van der Waals surface area contributed by atoms with Gasteiger partial charge in [0, 0.05) is 29.9 Å². The normalized spacial score (nSPS) is 10.7. The zero-order chi connectivity index (χ0) is 23.3. The fourth-order valence-corrected chi connectivity index (χ4v) is 3.32. The maximum absolute atomic E-state index is 13.2. The minimum atomic E-state index is -0.437. The lowest BCUT2D eigenvalue weighted by Gasteiger charge is -2.20. The van der Waals surface area contributed by atoms with E-state index in [1.807, 2.05) is 0 Å². The first-order valence-electron chi connectivity index (χ1n) is 9.62. The van der Waals surface area contributed by atoms with Crippen molar-refractivity contribution in [1.29, 1.82) is 0 Å². The smallest absolute Gasteiger partial charge is 0.251 e. The van der Waals surface area contributed by atoms with Crippen molar-refractivity contribution in [3.05, 3.63) is 82.4 Å². The van der Waals surface area contributed by atoms with Crippen LogP contribution in [0.25, 0.3) is 11.8 Å². The molecule has 0 bridgehead atoms. The summed E-state index contributed by atoms with van der Waals surface area (Å²) in [6.07, 6.45) is 8.31. The van der Waals surface area contributed by atoms with Gasteiger partial charge in [0.1, 0.15) is 17.5 Å². The van der Waals surface area contributed by atoms with Crippen LogP contribution in [0.2, 0.25) is 5.15 Å². The molecule has 3 aromatic rings. The number of halogens is 2. The van der Waals surface area contributed by atoms with E-state index in [9.17, 15) is 14.0 Å². The minimum absolute atomic E-state index is 0.185. The van der Waals surface area contributed by atoms with Crippen molar-refractivity contribution in [3.8, 4) is 18.0 Å². The van der Waals surface area contributed by atoms with Crippen LogP contribution in [0.5, 0.6) is 0 Å². The Kier molecular flexibility index (Phi) is 7.08. The zero-order valence-electron chi connectivity index (χ0n) is 17.5. The van der Waals surface area contributed by atoms with Gasteiger partial charge < -0.3 is 5.32 Å². The van der Waals surface area contributed by atoms with E-state index in [2.05, 4.69) is 16.3 Å². The van der Waals surface area contributed by atoms with Gasteiger partial charge in [0.25, 0.3) is 5.91 Å². The molecule has 1 aromatic heterocycles. The molecule has 0 aliphatic rings. The Morgan fingerprint density at radius 3 is 2.66 bits per heavy atom. The molecule has 1 N–H and O–H groups in total. The van der Waals surface area contributed by atoms with Gasteiger partial charge >= 0.3 is 0 Å². The molecule has 8 heteroatoms. The predicted octanol–water partition coefficient (Wildman–Crippen LogP) is 3.75. The van der Waals surface area contributed by atoms with Crippen LogP contribution in [0.3, 0.4) is 0 Å². The minimum Gasteiger partial charge on any atom is -0.358 e. The molecular weight excluding hydrogens is 431 g/mol. The van der Waals surface area contributed by atoms with Crippen molar-refractivity contribution in [2.75, 3.05) is 18.5 Å². The quantitative estimate of drug-likeness (QED) is 0.459. The summed E-state index contributed by atoms with van der Waals surface area (Å²) in [5.74, 6) is 1.37. The van der Waals surface area contributed by atoms with Crippen molar-refractivity contribution in [2.24, 2.45) is 0 Å². The molecule has 0 saturated carbocycles. The summed E-state index contributed by atoms with van der Waals surface area (Å²) in [5.41, 5.74) is 2.76. The lowest BCUT2D eigenvalue weighted by molar-refractivity contribution is -0.121. The van der Waals surface area contributed by atoms with Crippen LogP contribution in [0.1, 0.15) is 16.8 Å². The molecule has 0 unspecified atom stereocenters. The summed E-state index contributed by atoms with van der Waals surface area (Å²) >= 11 is 6.47. The van der Waals surface area contributed by atoms with E-state index < -0.39 is 5.91 Å². The average molecular weight is 451 g/mol. The van der Waals surface area contributed by atoms with Crippen molar-refractivity contribution in [3.63, 3.8) is 0 Å². The second kappa shape index (κ2) is 9.94. The Bertz CT molecular complexity index is 1230. The molecule has 0 spiro atoms. The number of likely N-dealkylation sites (N-methyl/N-ethyl adjacent to an activating group) is 1. The zero-order valence-corrected chi connectivity index (χ0v) is 18.2. The predicted molar refractivity (Wildman–Crippen MR) is 123 cm³/mol. The Hall–Kier alpha value is -3.89. The number of hydrogen-bond acceptors (Lipinski definition) is 3. The number of terminal acetylenes is 1. The van der Waals surface area contributed by atoms with Crippen molar-refractivity contribution < 1.29 is 14.0 Å². The first-order valence-corrected chi connectivity index (χ1v) is 9.99. The number of anilines is 1. The van der Waals surface area contributed by atoms with Crippen molar-refractivity contribution in [2.45, 2.75) is 6.92 Å². The van der Waals surface area contributed by atoms with Crippen molar-refractivity contribution >= 4 is 35.2 Å². The Labute approximate surface area is 190 Å². The molecule has 0 fully saturated rings. The number of rotatable bonds is 6. The summed E-state index contributed by atoms with van der Waals surface area (Å²) in [6.45, 7) is 1.56. The standard InChI is InChI=1S/C24H20ClFN4O2/c1-4-17-6-5-7-20(14-17)29(15-22(31)27-3)23(32)13-12-21-16(2)28-30(24(21)25)19-10-8-18(26)9-11-19/h1,5-14H,15H2,2-3H3,(H,27,31)/b13-12-. The molecule has 32 heavy (non-hydrogen) atoms. The molecule has 0 aliphatic carbocycles. The van der Waals surface area contributed by atoms with Gasteiger partial charge in [-0.15, -0.1) is 6.42 Å². The Balaban J connectivity index is 1.92.